The van der Waals surface area contributed by atoms with Crippen LogP contribution in [0.3, 0.4) is 0 Å². The maximum Gasteiger partial charge on any atom is 0.140 e. The zero-order valence-electron chi connectivity index (χ0n) is 9.36. The number of fused-ring (bicyclic) bond motifs is 1. The highest BCUT2D eigenvalue weighted by Gasteiger charge is 2.20. The second-order valence-corrected chi connectivity index (χ2v) is 4.99. The predicted octanol–water partition coefficient (Wildman–Crippen LogP) is 2.33. The van der Waals surface area contributed by atoms with Crippen LogP contribution in [0.25, 0.3) is 5.65 Å². The number of imidazole rings is 1. The van der Waals surface area contributed by atoms with E-state index in [1.54, 1.807) is 27.2 Å². The van der Waals surface area contributed by atoms with Crippen LogP contribution in [0.5, 0.6) is 5.75 Å². The van der Waals surface area contributed by atoms with E-state index >= 15 is 0 Å². The van der Waals surface area contributed by atoms with Gasteiger partial charge in [-0.15, -0.1) is 0 Å². The minimum atomic E-state index is -0.939. The lowest BCUT2D eigenvalue weighted by molar-refractivity contribution is 0.0744. The number of halogens is 1. The molecule has 0 aliphatic heterocycles. The Morgan fingerprint density at radius 3 is 2.69 bits per heavy atom. The zero-order chi connectivity index (χ0) is 11.9. The van der Waals surface area contributed by atoms with Crippen molar-refractivity contribution in [2.75, 3.05) is 7.11 Å². The van der Waals surface area contributed by atoms with E-state index in [2.05, 4.69) is 20.9 Å². The summed E-state index contributed by atoms with van der Waals surface area (Å²) < 4.78 is 7.88. The van der Waals surface area contributed by atoms with Gasteiger partial charge in [-0.25, -0.2) is 4.98 Å². The van der Waals surface area contributed by atoms with Crippen LogP contribution in [0.15, 0.2) is 22.9 Å². The zero-order valence-corrected chi connectivity index (χ0v) is 10.9. The van der Waals surface area contributed by atoms with Crippen LogP contribution in [-0.4, -0.2) is 21.6 Å². The summed E-state index contributed by atoms with van der Waals surface area (Å²) in [7, 11) is 1.61. The van der Waals surface area contributed by atoms with Gasteiger partial charge in [0.2, 0.25) is 0 Å². The summed E-state index contributed by atoms with van der Waals surface area (Å²) in [5.41, 5.74) is 0.441. The minimum Gasteiger partial charge on any atom is -0.495 e. The average Bonchev–Trinajstić information content (AvgIpc) is 2.58. The van der Waals surface area contributed by atoms with Crippen molar-refractivity contribution in [1.82, 2.24) is 9.38 Å². The van der Waals surface area contributed by atoms with Crippen molar-refractivity contribution in [2.45, 2.75) is 19.4 Å². The smallest absolute Gasteiger partial charge is 0.140 e. The predicted molar refractivity (Wildman–Crippen MR) is 64.7 cm³/mol. The van der Waals surface area contributed by atoms with Crippen LogP contribution >= 0.6 is 15.9 Å². The Labute approximate surface area is 102 Å². The van der Waals surface area contributed by atoms with E-state index in [-0.39, 0.29) is 0 Å². The lowest BCUT2D eigenvalue weighted by Crippen LogP contribution is -2.15. The van der Waals surface area contributed by atoms with Gasteiger partial charge < -0.3 is 14.2 Å². The highest BCUT2D eigenvalue weighted by atomic mass is 79.9. The van der Waals surface area contributed by atoms with E-state index in [9.17, 15) is 5.11 Å². The topological polar surface area (TPSA) is 46.8 Å². The lowest BCUT2D eigenvalue weighted by Gasteiger charge is -2.12. The van der Waals surface area contributed by atoms with Gasteiger partial charge in [0.05, 0.1) is 17.3 Å². The first-order chi connectivity index (χ1) is 7.41. The molecule has 0 saturated heterocycles. The summed E-state index contributed by atoms with van der Waals surface area (Å²) in [6, 6.07) is 1.82. The fourth-order valence-electron chi connectivity index (χ4n) is 1.44. The van der Waals surface area contributed by atoms with Crippen molar-refractivity contribution in [2.24, 2.45) is 0 Å². The van der Waals surface area contributed by atoms with Crippen molar-refractivity contribution >= 4 is 21.6 Å². The molecule has 2 heterocycles. The quantitative estimate of drug-likeness (QED) is 0.921. The minimum absolute atomic E-state index is 0.632. The Balaban J connectivity index is 2.63. The Morgan fingerprint density at radius 2 is 2.12 bits per heavy atom. The molecular weight excluding hydrogens is 272 g/mol. The highest BCUT2D eigenvalue weighted by Crippen LogP contribution is 2.27. The molecule has 2 aromatic heterocycles. The largest absolute Gasteiger partial charge is 0.495 e. The molecule has 86 valence electrons. The second-order valence-electron chi connectivity index (χ2n) is 4.14. The van der Waals surface area contributed by atoms with Crippen molar-refractivity contribution < 1.29 is 9.84 Å². The second kappa shape index (κ2) is 3.75. The number of hydrogen-bond acceptors (Lipinski definition) is 3. The van der Waals surface area contributed by atoms with E-state index in [1.165, 1.54) is 0 Å². The molecule has 5 heteroatoms. The van der Waals surface area contributed by atoms with Gasteiger partial charge in [-0.05, 0) is 29.8 Å². The first kappa shape index (κ1) is 11.4. The van der Waals surface area contributed by atoms with Crippen LogP contribution in [0.2, 0.25) is 0 Å². The molecule has 0 bridgehead atoms. The number of nitrogens with zero attached hydrogens (tertiary/aromatic N) is 2. The molecule has 0 saturated carbocycles. The molecule has 0 radical (unpaired) electrons. The number of aliphatic hydroxyl groups is 1. The molecule has 0 aromatic carbocycles. The van der Waals surface area contributed by atoms with Gasteiger partial charge >= 0.3 is 0 Å². The first-order valence-corrected chi connectivity index (χ1v) is 5.66. The summed E-state index contributed by atoms with van der Waals surface area (Å²) in [6.07, 6.45) is 3.66. The summed E-state index contributed by atoms with van der Waals surface area (Å²) >= 11 is 3.40. The number of hydrogen-bond donors (Lipinski definition) is 1. The van der Waals surface area contributed by atoms with E-state index in [4.69, 9.17) is 4.74 Å². The molecule has 2 rings (SSSR count). The van der Waals surface area contributed by atoms with Gasteiger partial charge in [-0.3, -0.25) is 0 Å². The summed E-state index contributed by atoms with van der Waals surface area (Å²) in [4.78, 5) is 4.35. The molecule has 1 N–H and O–H groups in total. The fourth-order valence-corrected chi connectivity index (χ4v) is 1.94. The van der Waals surface area contributed by atoms with E-state index in [0.29, 0.717) is 5.69 Å². The van der Waals surface area contributed by atoms with Crippen LogP contribution < -0.4 is 4.74 Å². The van der Waals surface area contributed by atoms with E-state index < -0.39 is 5.60 Å². The van der Waals surface area contributed by atoms with Crippen molar-refractivity contribution in [3.8, 4) is 5.75 Å². The number of aromatic nitrogens is 2. The number of ether oxygens (including phenoxy) is 1. The number of pyridine rings is 1. The fraction of sp³-hybridized carbons (Fsp3) is 0.364. The van der Waals surface area contributed by atoms with Crippen LogP contribution in [0.4, 0.5) is 0 Å². The van der Waals surface area contributed by atoms with Crippen LogP contribution in [-0.2, 0) is 5.60 Å². The number of rotatable bonds is 2. The van der Waals surface area contributed by atoms with Gasteiger partial charge in [-0.1, -0.05) is 0 Å². The lowest BCUT2D eigenvalue weighted by atomic mass is 10.1. The Kier molecular flexibility index (Phi) is 2.67. The average molecular weight is 285 g/mol. The van der Waals surface area contributed by atoms with Crippen molar-refractivity contribution in [1.29, 1.82) is 0 Å². The normalized spacial score (nSPS) is 12.1. The van der Waals surface area contributed by atoms with Gasteiger partial charge in [0, 0.05) is 18.5 Å². The van der Waals surface area contributed by atoms with Gasteiger partial charge in [0.15, 0.2) is 0 Å². The summed E-state index contributed by atoms with van der Waals surface area (Å²) in [5.74, 6) is 0.723. The molecule has 0 aliphatic rings. The van der Waals surface area contributed by atoms with Crippen molar-refractivity contribution in [3.63, 3.8) is 0 Å². The Bertz CT molecular complexity index is 528. The molecule has 0 fully saturated rings. The monoisotopic (exact) mass is 284 g/mol. The molecule has 16 heavy (non-hydrogen) atoms. The third-order valence-corrected chi connectivity index (χ3v) is 2.95. The molecule has 0 unspecified atom stereocenters. The first-order valence-electron chi connectivity index (χ1n) is 4.87. The number of methoxy groups -OCH3 is 1. The standard InChI is InChI=1S/C11H13BrN2O2/c1-11(2,15)9-6-14-5-7(12)8(16-3)4-10(14)13-9/h4-6,15H,1-3H3. The summed E-state index contributed by atoms with van der Waals surface area (Å²) in [6.45, 7) is 3.42. The third kappa shape index (κ3) is 1.92. The maximum absolute atomic E-state index is 9.87. The Hall–Kier alpha value is -1.07. The Morgan fingerprint density at radius 1 is 1.44 bits per heavy atom. The maximum atomic E-state index is 9.87. The van der Waals surface area contributed by atoms with E-state index in [0.717, 1.165) is 15.9 Å². The molecule has 0 aliphatic carbocycles. The SMILES string of the molecule is COc1cc2nc(C(C)(C)O)cn2cc1Br. The van der Waals surface area contributed by atoms with Crippen molar-refractivity contribution in [3.05, 3.63) is 28.6 Å². The highest BCUT2D eigenvalue weighted by molar-refractivity contribution is 9.10. The van der Waals surface area contributed by atoms with Crippen LogP contribution in [0.1, 0.15) is 19.5 Å². The van der Waals surface area contributed by atoms with Gasteiger partial charge in [0.25, 0.3) is 0 Å². The van der Waals surface area contributed by atoms with Gasteiger partial charge in [-0.2, -0.15) is 0 Å². The van der Waals surface area contributed by atoms with Crippen LogP contribution in [0, 0.1) is 0 Å². The molecule has 4 nitrogen and oxygen atoms in total. The molecule has 2 aromatic rings. The molecule has 0 spiro atoms. The van der Waals surface area contributed by atoms with E-state index in [1.807, 2.05) is 16.7 Å². The van der Waals surface area contributed by atoms with Gasteiger partial charge in [0.1, 0.15) is 17.0 Å². The molecule has 0 amide bonds. The molecular formula is C11H13BrN2O2. The molecule has 0 atom stereocenters. The third-order valence-electron chi connectivity index (χ3n) is 2.36. The summed E-state index contributed by atoms with van der Waals surface area (Å²) in [5, 5.41) is 9.87.